The molecule has 0 bridgehead atoms. The van der Waals surface area contributed by atoms with Gasteiger partial charge < -0.3 is 14.5 Å². The number of carbonyl (C=O) groups excluding carboxylic acids is 1. The fourth-order valence-electron chi connectivity index (χ4n) is 2.85. The fraction of sp³-hybridized carbons (Fsp3) is 0.130. The Morgan fingerprint density at radius 1 is 1.07 bits per heavy atom. The first-order valence-electron chi connectivity index (χ1n) is 9.33. The van der Waals surface area contributed by atoms with Crippen LogP contribution in [0.2, 0.25) is 5.02 Å². The Hall–Kier alpha value is -3.31. The smallest absolute Gasteiger partial charge is 0.255 e. The molecule has 0 radical (unpaired) electrons. The summed E-state index contributed by atoms with van der Waals surface area (Å²) in [5.41, 5.74) is 3.44. The molecule has 3 aromatic carbocycles. The zero-order chi connectivity index (χ0) is 20.2. The van der Waals surface area contributed by atoms with Gasteiger partial charge in [-0.25, -0.2) is 4.98 Å². The van der Waals surface area contributed by atoms with Gasteiger partial charge in [0.25, 0.3) is 5.91 Å². The summed E-state index contributed by atoms with van der Waals surface area (Å²) in [4.78, 5) is 16.9. The van der Waals surface area contributed by atoms with Crippen molar-refractivity contribution in [3.8, 4) is 17.2 Å². The molecule has 0 atom stereocenters. The van der Waals surface area contributed by atoms with Crippen LogP contribution in [0.1, 0.15) is 23.7 Å². The highest BCUT2D eigenvalue weighted by Gasteiger charge is 2.10. The first-order chi connectivity index (χ1) is 14.1. The van der Waals surface area contributed by atoms with Crippen LogP contribution in [0.4, 0.5) is 5.69 Å². The predicted molar refractivity (Wildman–Crippen MR) is 115 cm³/mol. The highest BCUT2D eigenvalue weighted by Crippen LogP contribution is 2.27. The van der Waals surface area contributed by atoms with Crippen LogP contribution in [-0.2, 0) is 0 Å². The van der Waals surface area contributed by atoms with E-state index in [1.165, 1.54) is 0 Å². The average molecular weight is 407 g/mol. The Balaban J connectivity index is 1.45. The van der Waals surface area contributed by atoms with E-state index < -0.39 is 0 Å². The van der Waals surface area contributed by atoms with Gasteiger partial charge in [-0.2, -0.15) is 0 Å². The van der Waals surface area contributed by atoms with Crippen molar-refractivity contribution in [1.82, 2.24) is 4.98 Å². The molecule has 4 aromatic rings. The number of benzene rings is 3. The number of amides is 1. The molecule has 1 heterocycles. The van der Waals surface area contributed by atoms with Crippen molar-refractivity contribution in [2.24, 2.45) is 0 Å². The number of rotatable bonds is 6. The first kappa shape index (κ1) is 19.0. The van der Waals surface area contributed by atoms with E-state index in [9.17, 15) is 4.79 Å². The normalized spacial score (nSPS) is 10.8. The third-order valence-corrected chi connectivity index (χ3v) is 4.56. The first-order valence-corrected chi connectivity index (χ1v) is 9.71. The minimum absolute atomic E-state index is 0.184. The molecule has 0 aliphatic rings. The second kappa shape index (κ2) is 8.37. The van der Waals surface area contributed by atoms with Gasteiger partial charge in [-0.05, 0) is 73.2 Å². The molecule has 0 saturated carbocycles. The molecule has 1 N–H and O–H groups in total. The second-order valence-electron chi connectivity index (χ2n) is 6.54. The average Bonchev–Trinajstić information content (AvgIpc) is 3.16. The minimum atomic E-state index is -0.184. The molecule has 29 heavy (non-hydrogen) atoms. The topological polar surface area (TPSA) is 64.4 Å². The summed E-state index contributed by atoms with van der Waals surface area (Å²) in [5.74, 6) is 1.08. The van der Waals surface area contributed by atoms with Gasteiger partial charge >= 0.3 is 0 Å². The van der Waals surface area contributed by atoms with E-state index in [0.29, 0.717) is 39.9 Å². The third-order valence-electron chi connectivity index (χ3n) is 4.33. The molecule has 6 heteroatoms. The van der Waals surface area contributed by atoms with Gasteiger partial charge in [-0.1, -0.05) is 18.5 Å². The number of oxazole rings is 1. The molecule has 146 valence electrons. The van der Waals surface area contributed by atoms with E-state index in [2.05, 4.69) is 10.3 Å². The number of halogens is 1. The number of fused-ring (bicyclic) bond motifs is 1. The number of ether oxygens (including phenoxy) is 1. The number of hydrogen-bond acceptors (Lipinski definition) is 4. The van der Waals surface area contributed by atoms with Gasteiger partial charge in [0.2, 0.25) is 5.89 Å². The monoisotopic (exact) mass is 406 g/mol. The van der Waals surface area contributed by atoms with Crippen molar-refractivity contribution in [1.29, 1.82) is 0 Å². The SMILES string of the molecule is CCCOc1ccc(C(=O)Nc2ccc(-c3nc4cc(Cl)ccc4o3)cc2)cc1. The third kappa shape index (κ3) is 4.41. The van der Waals surface area contributed by atoms with Gasteiger partial charge in [0.05, 0.1) is 6.61 Å². The van der Waals surface area contributed by atoms with Crippen molar-refractivity contribution in [3.05, 3.63) is 77.3 Å². The maximum atomic E-state index is 12.4. The van der Waals surface area contributed by atoms with Crippen molar-refractivity contribution in [2.45, 2.75) is 13.3 Å². The van der Waals surface area contributed by atoms with Gasteiger partial charge in [-0.3, -0.25) is 4.79 Å². The van der Waals surface area contributed by atoms with E-state index in [-0.39, 0.29) is 5.91 Å². The van der Waals surface area contributed by atoms with Gasteiger partial charge in [0.1, 0.15) is 11.3 Å². The maximum absolute atomic E-state index is 12.4. The Labute approximate surface area is 173 Å². The lowest BCUT2D eigenvalue weighted by Gasteiger charge is -2.07. The molecule has 5 nitrogen and oxygen atoms in total. The zero-order valence-corrected chi connectivity index (χ0v) is 16.6. The van der Waals surface area contributed by atoms with Crippen LogP contribution in [0.25, 0.3) is 22.6 Å². The summed E-state index contributed by atoms with van der Waals surface area (Å²) < 4.78 is 11.3. The highest BCUT2D eigenvalue weighted by molar-refractivity contribution is 6.31. The summed E-state index contributed by atoms with van der Waals surface area (Å²) >= 11 is 6.00. The molecule has 0 unspecified atom stereocenters. The minimum Gasteiger partial charge on any atom is -0.494 e. The Morgan fingerprint density at radius 2 is 1.83 bits per heavy atom. The van der Waals surface area contributed by atoms with Crippen molar-refractivity contribution < 1.29 is 13.9 Å². The summed E-state index contributed by atoms with van der Waals surface area (Å²) in [7, 11) is 0. The number of anilines is 1. The number of carbonyl (C=O) groups is 1. The summed E-state index contributed by atoms with van der Waals surface area (Å²) in [5, 5.41) is 3.50. The van der Waals surface area contributed by atoms with E-state index >= 15 is 0 Å². The van der Waals surface area contributed by atoms with E-state index in [1.54, 1.807) is 42.5 Å². The molecule has 0 saturated heterocycles. The van der Waals surface area contributed by atoms with E-state index in [4.69, 9.17) is 20.8 Å². The summed E-state index contributed by atoms with van der Waals surface area (Å²) in [6, 6.07) is 19.7. The van der Waals surface area contributed by atoms with Crippen LogP contribution in [0, 0.1) is 0 Å². The lowest BCUT2D eigenvalue weighted by Crippen LogP contribution is -2.11. The number of nitrogens with one attached hydrogen (secondary N) is 1. The van der Waals surface area contributed by atoms with Crippen molar-refractivity contribution >= 4 is 34.3 Å². The maximum Gasteiger partial charge on any atom is 0.255 e. The molecule has 0 fully saturated rings. The molecule has 1 amide bonds. The zero-order valence-electron chi connectivity index (χ0n) is 15.8. The van der Waals surface area contributed by atoms with Gasteiger partial charge in [0, 0.05) is 21.8 Å². The second-order valence-corrected chi connectivity index (χ2v) is 6.97. The van der Waals surface area contributed by atoms with Crippen LogP contribution in [-0.4, -0.2) is 17.5 Å². The lowest BCUT2D eigenvalue weighted by molar-refractivity contribution is 0.102. The molecule has 1 aromatic heterocycles. The van der Waals surface area contributed by atoms with Crippen LogP contribution >= 0.6 is 11.6 Å². The van der Waals surface area contributed by atoms with Crippen LogP contribution in [0.3, 0.4) is 0 Å². The molecule has 4 rings (SSSR count). The van der Waals surface area contributed by atoms with Gasteiger partial charge in [0.15, 0.2) is 5.58 Å². The standard InChI is InChI=1S/C23H19ClN2O3/c1-2-13-28-19-10-5-15(6-11-19)22(27)25-18-8-3-16(4-9-18)23-26-20-14-17(24)7-12-21(20)29-23/h3-12,14H,2,13H2,1H3,(H,25,27). The summed E-state index contributed by atoms with van der Waals surface area (Å²) in [6.45, 7) is 2.71. The fourth-order valence-corrected chi connectivity index (χ4v) is 3.01. The summed E-state index contributed by atoms with van der Waals surface area (Å²) in [6.07, 6.45) is 0.940. The molecular weight excluding hydrogens is 388 g/mol. The number of aromatic nitrogens is 1. The van der Waals surface area contributed by atoms with Crippen molar-refractivity contribution in [3.63, 3.8) is 0 Å². The Morgan fingerprint density at radius 3 is 2.55 bits per heavy atom. The molecule has 0 aliphatic carbocycles. The molecule has 0 spiro atoms. The number of hydrogen-bond donors (Lipinski definition) is 1. The largest absolute Gasteiger partial charge is 0.494 e. The molecule has 0 aliphatic heterocycles. The highest BCUT2D eigenvalue weighted by atomic mass is 35.5. The Kier molecular flexibility index (Phi) is 5.49. The quantitative estimate of drug-likeness (QED) is 0.414. The van der Waals surface area contributed by atoms with Crippen LogP contribution < -0.4 is 10.1 Å². The van der Waals surface area contributed by atoms with Gasteiger partial charge in [-0.15, -0.1) is 0 Å². The Bertz CT molecular complexity index is 1140. The predicted octanol–water partition coefficient (Wildman–Crippen LogP) is 6.19. The van der Waals surface area contributed by atoms with Crippen LogP contribution in [0.5, 0.6) is 5.75 Å². The van der Waals surface area contributed by atoms with Crippen LogP contribution in [0.15, 0.2) is 71.1 Å². The molecular formula is C23H19ClN2O3. The lowest BCUT2D eigenvalue weighted by atomic mass is 10.1. The number of nitrogens with zero attached hydrogens (tertiary/aromatic N) is 1. The van der Waals surface area contributed by atoms with E-state index in [0.717, 1.165) is 17.7 Å². The van der Waals surface area contributed by atoms with Crippen molar-refractivity contribution in [2.75, 3.05) is 11.9 Å². The van der Waals surface area contributed by atoms with E-state index in [1.807, 2.05) is 31.2 Å².